The molecule has 0 aromatic carbocycles. The number of carboxylic acids is 1. The molecular weight excluding hydrogens is 236 g/mol. The van der Waals surface area contributed by atoms with Gasteiger partial charge in [-0.15, -0.1) is 0 Å². The normalized spacial score (nSPS) is 18.8. The average molecular weight is 252 g/mol. The number of carboxylic acid groups (broad SMARTS) is 1. The van der Waals surface area contributed by atoms with Crippen LogP contribution in [0.15, 0.2) is 10.6 Å². The highest BCUT2D eigenvalue weighted by Crippen LogP contribution is 2.21. The quantitative estimate of drug-likeness (QED) is 0.869. The minimum absolute atomic E-state index is 0.122. The zero-order chi connectivity index (χ0) is 13.3. The van der Waals surface area contributed by atoms with Gasteiger partial charge in [-0.05, 0) is 18.8 Å². The van der Waals surface area contributed by atoms with E-state index in [-0.39, 0.29) is 5.76 Å². The topological polar surface area (TPSA) is 83.6 Å². The third-order valence-electron chi connectivity index (χ3n) is 2.95. The molecule has 0 bridgehead atoms. The van der Waals surface area contributed by atoms with Gasteiger partial charge < -0.3 is 14.5 Å². The number of rotatable bonds is 4. The van der Waals surface area contributed by atoms with Gasteiger partial charge >= 0.3 is 5.97 Å². The Hall–Kier alpha value is -1.85. The van der Waals surface area contributed by atoms with Crippen LogP contribution in [0.5, 0.6) is 0 Å². The van der Waals surface area contributed by atoms with Crippen LogP contribution in [-0.4, -0.2) is 39.6 Å². The summed E-state index contributed by atoms with van der Waals surface area (Å²) in [6, 6.07) is 0.871. The molecule has 98 valence electrons. The molecule has 18 heavy (non-hydrogen) atoms. The van der Waals surface area contributed by atoms with E-state index in [0.29, 0.717) is 18.9 Å². The van der Waals surface area contributed by atoms with Crippen molar-refractivity contribution in [3.63, 3.8) is 0 Å². The van der Waals surface area contributed by atoms with Crippen molar-refractivity contribution >= 4 is 11.9 Å². The van der Waals surface area contributed by atoms with Crippen LogP contribution in [0.1, 0.15) is 36.5 Å². The smallest absolute Gasteiger partial charge is 0.326 e. The van der Waals surface area contributed by atoms with Gasteiger partial charge in [-0.1, -0.05) is 19.0 Å². The molecule has 1 aliphatic heterocycles. The Kier molecular flexibility index (Phi) is 3.36. The summed E-state index contributed by atoms with van der Waals surface area (Å²) in [6.07, 6.45) is 1.23. The van der Waals surface area contributed by atoms with Crippen LogP contribution >= 0.6 is 0 Å². The number of aliphatic carboxylic acids is 1. The van der Waals surface area contributed by atoms with Crippen molar-refractivity contribution in [1.29, 1.82) is 0 Å². The summed E-state index contributed by atoms with van der Waals surface area (Å²) in [4.78, 5) is 24.1. The van der Waals surface area contributed by atoms with Crippen LogP contribution < -0.4 is 0 Å². The van der Waals surface area contributed by atoms with Gasteiger partial charge in [0, 0.05) is 12.6 Å². The maximum absolute atomic E-state index is 12.0. The first-order valence-corrected chi connectivity index (χ1v) is 5.98. The van der Waals surface area contributed by atoms with E-state index in [1.807, 2.05) is 13.8 Å². The summed E-state index contributed by atoms with van der Waals surface area (Å²) in [5.41, 5.74) is 0.723. The second-order valence-electron chi connectivity index (χ2n) is 4.92. The summed E-state index contributed by atoms with van der Waals surface area (Å²) in [5, 5.41) is 12.7. The molecule has 2 heterocycles. The number of nitrogens with zero attached hydrogens (tertiary/aromatic N) is 2. The number of aromatic nitrogens is 1. The second kappa shape index (κ2) is 4.80. The lowest BCUT2D eigenvalue weighted by Crippen LogP contribution is -2.55. The highest BCUT2D eigenvalue weighted by molar-refractivity contribution is 5.95. The highest BCUT2D eigenvalue weighted by Gasteiger charge is 2.39. The Morgan fingerprint density at radius 2 is 2.33 bits per heavy atom. The van der Waals surface area contributed by atoms with Gasteiger partial charge in [0.2, 0.25) is 5.76 Å². The fourth-order valence-electron chi connectivity index (χ4n) is 1.96. The molecule has 6 nitrogen and oxygen atoms in total. The van der Waals surface area contributed by atoms with Crippen LogP contribution in [0, 0.1) is 5.92 Å². The molecule has 0 radical (unpaired) electrons. The van der Waals surface area contributed by atoms with Gasteiger partial charge in [0.25, 0.3) is 5.91 Å². The maximum atomic E-state index is 12.0. The van der Waals surface area contributed by atoms with E-state index >= 15 is 0 Å². The number of hydrogen-bond acceptors (Lipinski definition) is 4. The van der Waals surface area contributed by atoms with Gasteiger partial charge in [-0.2, -0.15) is 0 Å². The molecule has 1 aromatic rings. The summed E-state index contributed by atoms with van der Waals surface area (Å²) in [6.45, 7) is 4.55. The fourth-order valence-corrected chi connectivity index (χ4v) is 1.96. The molecule has 1 fully saturated rings. The standard InChI is InChI=1S/C12H16N2O4/c1-7(2)5-8-6-10(18-13-8)11(15)14-4-3-9(14)12(16)17/h6-7,9H,3-5H2,1-2H3,(H,16,17). The molecule has 1 atom stereocenters. The van der Waals surface area contributed by atoms with E-state index in [9.17, 15) is 9.59 Å². The van der Waals surface area contributed by atoms with Crippen LogP contribution in [0.3, 0.4) is 0 Å². The molecule has 6 heteroatoms. The highest BCUT2D eigenvalue weighted by atomic mass is 16.5. The summed E-state index contributed by atoms with van der Waals surface area (Å²) in [5.74, 6) is -0.821. The van der Waals surface area contributed by atoms with Crippen LogP contribution in [-0.2, 0) is 11.2 Å². The van der Waals surface area contributed by atoms with Crippen molar-refractivity contribution in [3.05, 3.63) is 17.5 Å². The molecule has 0 aliphatic carbocycles. The lowest BCUT2D eigenvalue weighted by atomic mass is 10.0. The molecule has 1 N–H and O–H groups in total. The molecule has 1 aliphatic rings. The van der Waals surface area contributed by atoms with E-state index in [1.54, 1.807) is 6.07 Å². The minimum Gasteiger partial charge on any atom is -0.480 e. The van der Waals surface area contributed by atoms with E-state index < -0.39 is 17.9 Å². The van der Waals surface area contributed by atoms with Crippen LogP contribution in [0.2, 0.25) is 0 Å². The first-order chi connectivity index (χ1) is 8.49. The maximum Gasteiger partial charge on any atom is 0.326 e. The van der Waals surface area contributed by atoms with Crippen LogP contribution in [0.4, 0.5) is 0 Å². The van der Waals surface area contributed by atoms with E-state index in [0.717, 1.165) is 12.1 Å². The molecule has 1 unspecified atom stereocenters. The van der Waals surface area contributed by atoms with Gasteiger partial charge in [0.05, 0.1) is 5.69 Å². The molecule has 1 amide bonds. The third-order valence-corrected chi connectivity index (χ3v) is 2.95. The number of likely N-dealkylation sites (tertiary alicyclic amines) is 1. The molecule has 2 rings (SSSR count). The fraction of sp³-hybridized carbons (Fsp3) is 0.583. The number of carbonyl (C=O) groups excluding carboxylic acids is 1. The summed E-state index contributed by atoms with van der Waals surface area (Å²) >= 11 is 0. The van der Waals surface area contributed by atoms with E-state index in [1.165, 1.54) is 4.90 Å². The predicted octanol–water partition coefficient (Wildman–Crippen LogP) is 1.17. The molecule has 1 saturated heterocycles. The number of carbonyl (C=O) groups is 2. The zero-order valence-electron chi connectivity index (χ0n) is 10.4. The molecule has 0 saturated carbocycles. The van der Waals surface area contributed by atoms with Gasteiger partial charge in [-0.3, -0.25) is 4.79 Å². The van der Waals surface area contributed by atoms with E-state index in [4.69, 9.17) is 9.63 Å². The van der Waals surface area contributed by atoms with Gasteiger partial charge in [0.15, 0.2) is 0 Å². The van der Waals surface area contributed by atoms with Crippen molar-refractivity contribution < 1.29 is 19.2 Å². The minimum atomic E-state index is -0.975. The lowest BCUT2D eigenvalue weighted by molar-refractivity contribution is -0.146. The monoisotopic (exact) mass is 252 g/mol. The first-order valence-electron chi connectivity index (χ1n) is 5.98. The van der Waals surface area contributed by atoms with Crippen molar-refractivity contribution in [2.45, 2.75) is 32.7 Å². The average Bonchev–Trinajstić information content (AvgIpc) is 2.62. The third kappa shape index (κ3) is 2.37. The Morgan fingerprint density at radius 3 is 2.83 bits per heavy atom. The van der Waals surface area contributed by atoms with E-state index in [2.05, 4.69) is 5.16 Å². The number of hydrogen-bond donors (Lipinski definition) is 1. The Labute approximate surface area is 105 Å². The first kappa shape index (κ1) is 12.6. The van der Waals surface area contributed by atoms with Gasteiger partial charge in [-0.25, -0.2) is 4.79 Å². The zero-order valence-corrected chi connectivity index (χ0v) is 10.4. The number of amides is 1. The molecular formula is C12H16N2O4. The van der Waals surface area contributed by atoms with Crippen molar-refractivity contribution in [3.8, 4) is 0 Å². The molecule has 1 aromatic heterocycles. The Morgan fingerprint density at radius 1 is 1.61 bits per heavy atom. The summed E-state index contributed by atoms with van der Waals surface area (Å²) in [7, 11) is 0. The van der Waals surface area contributed by atoms with Crippen molar-refractivity contribution in [2.24, 2.45) is 5.92 Å². The largest absolute Gasteiger partial charge is 0.480 e. The van der Waals surface area contributed by atoms with Crippen LogP contribution in [0.25, 0.3) is 0 Å². The molecule has 0 spiro atoms. The van der Waals surface area contributed by atoms with Crippen molar-refractivity contribution in [2.75, 3.05) is 6.54 Å². The van der Waals surface area contributed by atoms with Crippen molar-refractivity contribution in [1.82, 2.24) is 10.1 Å². The lowest BCUT2D eigenvalue weighted by Gasteiger charge is -2.36. The SMILES string of the molecule is CC(C)Cc1cc(C(=O)N2CCC2C(=O)O)on1. The Balaban J connectivity index is 2.05. The Bertz CT molecular complexity index is 466. The second-order valence-corrected chi connectivity index (χ2v) is 4.92. The van der Waals surface area contributed by atoms with Gasteiger partial charge in [0.1, 0.15) is 6.04 Å². The summed E-state index contributed by atoms with van der Waals surface area (Å²) < 4.78 is 4.98. The predicted molar refractivity (Wildman–Crippen MR) is 62.1 cm³/mol.